The molecule has 6 nitrogen and oxygen atoms in total. The van der Waals surface area contributed by atoms with Gasteiger partial charge in [0.05, 0.1) is 7.11 Å². The second-order valence-electron chi connectivity index (χ2n) is 5.24. The third kappa shape index (κ3) is 1.90. The number of anilines is 1. The van der Waals surface area contributed by atoms with Gasteiger partial charge in [-0.3, -0.25) is 9.59 Å². The molecule has 0 aliphatic carbocycles. The number of methoxy groups -OCH3 is 1. The van der Waals surface area contributed by atoms with Crippen LogP contribution in [0.5, 0.6) is 0 Å². The fourth-order valence-electron chi connectivity index (χ4n) is 3.12. The van der Waals surface area contributed by atoms with Gasteiger partial charge in [-0.1, -0.05) is 18.2 Å². The number of fused-ring (bicyclic) bond motifs is 1. The van der Waals surface area contributed by atoms with E-state index in [-0.39, 0.29) is 18.2 Å². The molecule has 2 aliphatic rings. The molecule has 2 amide bonds. The van der Waals surface area contributed by atoms with E-state index in [9.17, 15) is 14.4 Å². The zero-order valence-corrected chi connectivity index (χ0v) is 11.9. The van der Waals surface area contributed by atoms with E-state index in [1.165, 1.54) is 16.9 Å². The van der Waals surface area contributed by atoms with E-state index in [1.807, 2.05) is 24.3 Å². The molecule has 110 valence electrons. The zero-order valence-electron chi connectivity index (χ0n) is 11.9. The molecule has 0 saturated carbocycles. The van der Waals surface area contributed by atoms with E-state index >= 15 is 0 Å². The maximum Gasteiger partial charge on any atom is 0.328 e. The summed E-state index contributed by atoms with van der Waals surface area (Å²) in [5.41, 5.74) is 1.53. The SMILES string of the molecule is COC(=O)C1CCC(=O)N1C1C(=O)N(C)c2ccccc21. The van der Waals surface area contributed by atoms with Gasteiger partial charge in [0, 0.05) is 24.7 Å². The maximum atomic E-state index is 12.5. The van der Waals surface area contributed by atoms with Gasteiger partial charge in [-0.2, -0.15) is 0 Å². The van der Waals surface area contributed by atoms with Crippen molar-refractivity contribution in [1.82, 2.24) is 4.90 Å². The average Bonchev–Trinajstić information content (AvgIpc) is 2.98. The van der Waals surface area contributed by atoms with Crippen molar-refractivity contribution < 1.29 is 19.1 Å². The van der Waals surface area contributed by atoms with Crippen LogP contribution in [0, 0.1) is 0 Å². The summed E-state index contributed by atoms with van der Waals surface area (Å²) in [4.78, 5) is 39.5. The zero-order chi connectivity index (χ0) is 15.1. The molecule has 0 bridgehead atoms. The summed E-state index contributed by atoms with van der Waals surface area (Å²) < 4.78 is 4.76. The van der Waals surface area contributed by atoms with E-state index in [1.54, 1.807) is 7.05 Å². The van der Waals surface area contributed by atoms with Gasteiger partial charge in [-0.25, -0.2) is 4.79 Å². The lowest BCUT2D eigenvalue weighted by atomic mass is 10.1. The summed E-state index contributed by atoms with van der Waals surface area (Å²) in [5, 5.41) is 0. The summed E-state index contributed by atoms with van der Waals surface area (Å²) in [6.45, 7) is 0. The highest BCUT2D eigenvalue weighted by Crippen LogP contribution is 2.41. The highest BCUT2D eigenvalue weighted by molar-refractivity contribution is 6.06. The Bertz CT molecular complexity index is 628. The molecule has 21 heavy (non-hydrogen) atoms. The minimum absolute atomic E-state index is 0.186. The van der Waals surface area contributed by atoms with Crippen LogP contribution in [0.1, 0.15) is 24.4 Å². The van der Waals surface area contributed by atoms with Gasteiger partial charge in [0.1, 0.15) is 12.1 Å². The Hall–Kier alpha value is -2.37. The quantitative estimate of drug-likeness (QED) is 0.757. The second-order valence-corrected chi connectivity index (χ2v) is 5.24. The Balaban J connectivity index is 2.04. The van der Waals surface area contributed by atoms with Crippen LogP contribution >= 0.6 is 0 Å². The summed E-state index contributed by atoms with van der Waals surface area (Å²) >= 11 is 0. The van der Waals surface area contributed by atoms with Crippen LogP contribution in [0.2, 0.25) is 0 Å². The molecular formula is C15H16N2O4. The Kier molecular flexibility index (Phi) is 3.16. The fraction of sp³-hybridized carbons (Fsp3) is 0.400. The number of para-hydroxylation sites is 1. The van der Waals surface area contributed by atoms with Gasteiger partial charge >= 0.3 is 5.97 Å². The number of esters is 1. The van der Waals surface area contributed by atoms with Crippen molar-refractivity contribution in [3.8, 4) is 0 Å². The number of hydrogen-bond donors (Lipinski definition) is 0. The average molecular weight is 288 g/mol. The molecule has 2 heterocycles. The number of likely N-dealkylation sites (tertiary alicyclic amines) is 1. The fourth-order valence-corrected chi connectivity index (χ4v) is 3.12. The maximum absolute atomic E-state index is 12.5. The van der Waals surface area contributed by atoms with Crippen LogP contribution in [0.4, 0.5) is 5.69 Å². The molecule has 2 aliphatic heterocycles. The van der Waals surface area contributed by atoms with Crippen LogP contribution in [0.15, 0.2) is 24.3 Å². The molecule has 1 aromatic rings. The normalized spacial score (nSPS) is 24.5. The Morgan fingerprint density at radius 1 is 1.29 bits per heavy atom. The van der Waals surface area contributed by atoms with Crippen molar-refractivity contribution in [3.63, 3.8) is 0 Å². The van der Waals surface area contributed by atoms with E-state index < -0.39 is 18.1 Å². The highest BCUT2D eigenvalue weighted by atomic mass is 16.5. The lowest BCUT2D eigenvalue weighted by Gasteiger charge is -2.28. The Labute approximate surface area is 122 Å². The molecule has 1 saturated heterocycles. The molecule has 3 rings (SSSR count). The van der Waals surface area contributed by atoms with Gasteiger partial charge in [0.2, 0.25) is 5.91 Å². The third-order valence-electron chi connectivity index (χ3n) is 4.16. The first-order valence-electron chi connectivity index (χ1n) is 6.81. The monoisotopic (exact) mass is 288 g/mol. The summed E-state index contributed by atoms with van der Waals surface area (Å²) in [7, 11) is 2.97. The number of amides is 2. The predicted octanol–water partition coefficient (Wildman–Crippen LogP) is 0.868. The molecule has 1 fully saturated rings. The number of likely N-dealkylation sites (N-methyl/N-ethyl adjacent to an activating group) is 1. The van der Waals surface area contributed by atoms with Crippen molar-refractivity contribution in [3.05, 3.63) is 29.8 Å². The minimum atomic E-state index is -0.731. The first-order valence-corrected chi connectivity index (χ1v) is 6.81. The lowest BCUT2D eigenvalue weighted by molar-refractivity contribution is -0.152. The number of nitrogens with zero attached hydrogens (tertiary/aromatic N) is 2. The van der Waals surface area contributed by atoms with Gasteiger partial charge < -0.3 is 14.5 Å². The molecule has 0 spiro atoms. The van der Waals surface area contributed by atoms with Crippen molar-refractivity contribution in [2.45, 2.75) is 24.9 Å². The van der Waals surface area contributed by atoms with E-state index in [4.69, 9.17) is 4.74 Å². The highest BCUT2D eigenvalue weighted by Gasteiger charge is 2.48. The number of rotatable bonds is 2. The number of benzene rings is 1. The number of ether oxygens (including phenoxy) is 1. The van der Waals surface area contributed by atoms with Crippen molar-refractivity contribution in [1.29, 1.82) is 0 Å². The molecule has 0 N–H and O–H groups in total. The van der Waals surface area contributed by atoms with E-state index in [0.29, 0.717) is 6.42 Å². The van der Waals surface area contributed by atoms with Crippen LogP contribution in [-0.2, 0) is 19.1 Å². The smallest absolute Gasteiger partial charge is 0.328 e. The molecule has 0 aromatic heterocycles. The van der Waals surface area contributed by atoms with Crippen molar-refractivity contribution in [2.75, 3.05) is 19.1 Å². The Morgan fingerprint density at radius 2 is 2.00 bits per heavy atom. The summed E-state index contributed by atoms with van der Waals surface area (Å²) in [6, 6.07) is 5.91. The molecule has 1 aromatic carbocycles. The number of carbonyl (C=O) groups is 3. The molecule has 2 unspecified atom stereocenters. The van der Waals surface area contributed by atoms with Crippen LogP contribution in [0.25, 0.3) is 0 Å². The van der Waals surface area contributed by atoms with E-state index in [0.717, 1.165) is 11.3 Å². The molecule has 0 radical (unpaired) electrons. The standard InChI is InChI=1S/C15H16N2O4/c1-16-10-6-4-3-5-9(10)13(14(16)19)17-11(15(20)21-2)7-8-12(17)18/h3-6,11,13H,7-8H2,1-2H3. The molecule has 2 atom stereocenters. The van der Waals surface area contributed by atoms with Crippen LogP contribution in [0.3, 0.4) is 0 Å². The van der Waals surface area contributed by atoms with Crippen molar-refractivity contribution in [2.24, 2.45) is 0 Å². The topological polar surface area (TPSA) is 66.9 Å². The van der Waals surface area contributed by atoms with Crippen LogP contribution in [-0.4, -0.2) is 42.9 Å². The van der Waals surface area contributed by atoms with Gasteiger partial charge in [-0.15, -0.1) is 0 Å². The summed E-state index contributed by atoms with van der Waals surface area (Å²) in [6.07, 6.45) is 0.649. The van der Waals surface area contributed by atoms with E-state index in [2.05, 4.69) is 0 Å². The van der Waals surface area contributed by atoms with Gasteiger partial charge in [0.25, 0.3) is 5.91 Å². The van der Waals surface area contributed by atoms with Gasteiger partial charge in [-0.05, 0) is 12.5 Å². The molecular weight excluding hydrogens is 272 g/mol. The second kappa shape index (κ2) is 4.87. The number of hydrogen-bond acceptors (Lipinski definition) is 4. The van der Waals surface area contributed by atoms with Crippen LogP contribution < -0.4 is 4.90 Å². The van der Waals surface area contributed by atoms with Crippen molar-refractivity contribution >= 4 is 23.5 Å². The number of carbonyl (C=O) groups excluding carboxylic acids is 3. The predicted molar refractivity (Wildman–Crippen MR) is 74.5 cm³/mol. The Morgan fingerprint density at radius 3 is 2.71 bits per heavy atom. The molecule has 6 heteroatoms. The lowest BCUT2D eigenvalue weighted by Crippen LogP contribution is -2.45. The first-order chi connectivity index (χ1) is 10.1. The largest absolute Gasteiger partial charge is 0.467 e. The summed E-state index contributed by atoms with van der Waals surface area (Å²) in [5.74, 6) is -0.852. The van der Waals surface area contributed by atoms with Gasteiger partial charge in [0.15, 0.2) is 0 Å². The third-order valence-corrected chi connectivity index (χ3v) is 4.16. The first kappa shape index (κ1) is 13.6. The minimum Gasteiger partial charge on any atom is -0.467 e.